The van der Waals surface area contributed by atoms with Gasteiger partial charge in [-0.1, -0.05) is 0 Å². The molecule has 0 aliphatic heterocycles. The molecule has 1 N–H and O–H groups in total. The molecule has 0 aliphatic rings. The van der Waals surface area contributed by atoms with Crippen LogP contribution in [0.1, 0.15) is 11.3 Å². The molecule has 4 aromatic heterocycles. The number of H-pyrrole nitrogens is 1. The number of halogens is 1. The number of hydrogen-bond acceptors (Lipinski definition) is 5. The van der Waals surface area contributed by atoms with Crippen LogP contribution >= 0.6 is 0 Å². The van der Waals surface area contributed by atoms with Gasteiger partial charge in [-0.3, -0.25) is 5.10 Å². The Morgan fingerprint density at radius 2 is 2.12 bits per heavy atom. The van der Waals surface area contributed by atoms with Crippen molar-refractivity contribution in [1.82, 2.24) is 29.8 Å². The van der Waals surface area contributed by atoms with Crippen molar-refractivity contribution in [3.8, 4) is 28.6 Å². The topological polar surface area (TPSA) is 95.6 Å². The molecule has 4 aromatic rings. The van der Waals surface area contributed by atoms with E-state index < -0.39 is 5.95 Å². The van der Waals surface area contributed by atoms with Gasteiger partial charge in [-0.25, -0.2) is 14.5 Å². The number of nitrogens with one attached hydrogen (secondary N) is 1. The molecule has 0 radical (unpaired) electrons. The molecule has 0 atom stereocenters. The zero-order valence-electron chi connectivity index (χ0n) is 12.5. The third kappa shape index (κ3) is 2.11. The molecule has 116 valence electrons. The predicted octanol–water partition coefficient (Wildman–Crippen LogP) is 2.50. The summed E-state index contributed by atoms with van der Waals surface area (Å²) < 4.78 is 14.7. The molecule has 24 heavy (non-hydrogen) atoms. The van der Waals surface area contributed by atoms with Crippen LogP contribution in [0.3, 0.4) is 0 Å². The minimum absolute atomic E-state index is 0.386. The van der Waals surface area contributed by atoms with Gasteiger partial charge in [-0.2, -0.15) is 19.8 Å². The Balaban J connectivity index is 2.05. The molecule has 0 saturated heterocycles. The number of hydrogen-bond donors (Lipinski definition) is 1. The van der Waals surface area contributed by atoms with Crippen molar-refractivity contribution in [1.29, 1.82) is 5.26 Å². The van der Waals surface area contributed by atoms with Crippen LogP contribution in [0.4, 0.5) is 4.39 Å². The van der Waals surface area contributed by atoms with Crippen LogP contribution in [0.2, 0.25) is 0 Å². The molecule has 0 saturated carbocycles. The van der Waals surface area contributed by atoms with Crippen molar-refractivity contribution in [2.24, 2.45) is 0 Å². The smallest absolute Gasteiger partial charge is 0.212 e. The van der Waals surface area contributed by atoms with E-state index in [2.05, 4.69) is 31.3 Å². The van der Waals surface area contributed by atoms with E-state index >= 15 is 0 Å². The number of fused-ring (bicyclic) bond motifs is 1. The first-order chi connectivity index (χ1) is 11.7. The number of nitriles is 1. The SMILES string of the molecule is Cc1[nH]ncc1-c1cn2ncc(C#N)c2c(-c2ccc(F)nc2)n1. The lowest BCUT2D eigenvalue weighted by atomic mass is 10.1. The van der Waals surface area contributed by atoms with Gasteiger partial charge in [0, 0.05) is 23.0 Å². The van der Waals surface area contributed by atoms with E-state index in [4.69, 9.17) is 0 Å². The zero-order chi connectivity index (χ0) is 16.7. The molecular weight excluding hydrogens is 309 g/mol. The Kier molecular flexibility index (Phi) is 3.06. The normalized spacial score (nSPS) is 10.9. The van der Waals surface area contributed by atoms with Crippen molar-refractivity contribution in [2.45, 2.75) is 6.92 Å². The summed E-state index contributed by atoms with van der Waals surface area (Å²) in [5, 5.41) is 20.4. The van der Waals surface area contributed by atoms with Crippen LogP contribution in [0, 0.1) is 24.2 Å². The van der Waals surface area contributed by atoms with Crippen molar-refractivity contribution in [3.05, 3.63) is 54.1 Å². The summed E-state index contributed by atoms with van der Waals surface area (Å²) in [7, 11) is 0. The largest absolute Gasteiger partial charge is 0.282 e. The lowest BCUT2D eigenvalue weighted by molar-refractivity contribution is 0.584. The van der Waals surface area contributed by atoms with Crippen molar-refractivity contribution in [3.63, 3.8) is 0 Å². The van der Waals surface area contributed by atoms with E-state index in [0.29, 0.717) is 28.0 Å². The third-order valence-corrected chi connectivity index (χ3v) is 3.72. The first kappa shape index (κ1) is 14.0. The minimum Gasteiger partial charge on any atom is -0.282 e. The van der Waals surface area contributed by atoms with Crippen molar-refractivity contribution >= 4 is 5.52 Å². The molecule has 0 fully saturated rings. The number of aromatic nitrogens is 6. The van der Waals surface area contributed by atoms with Crippen LogP contribution < -0.4 is 0 Å². The highest BCUT2D eigenvalue weighted by Crippen LogP contribution is 2.29. The summed E-state index contributed by atoms with van der Waals surface area (Å²) in [6.45, 7) is 1.89. The Labute approximate surface area is 135 Å². The molecule has 0 aliphatic carbocycles. The Hall–Kier alpha value is -3.60. The van der Waals surface area contributed by atoms with Crippen LogP contribution in [0.5, 0.6) is 0 Å². The molecule has 0 bridgehead atoms. The average molecular weight is 319 g/mol. The van der Waals surface area contributed by atoms with Gasteiger partial charge in [0.05, 0.1) is 30.0 Å². The summed E-state index contributed by atoms with van der Waals surface area (Å²) in [5.41, 5.74) is 4.37. The molecule has 8 heteroatoms. The fourth-order valence-corrected chi connectivity index (χ4v) is 2.55. The van der Waals surface area contributed by atoms with Gasteiger partial charge < -0.3 is 0 Å². The predicted molar refractivity (Wildman–Crippen MR) is 83.2 cm³/mol. The van der Waals surface area contributed by atoms with Gasteiger partial charge in [0.25, 0.3) is 0 Å². The van der Waals surface area contributed by atoms with Gasteiger partial charge in [-0.15, -0.1) is 0 Å². The van der Waals surface area contributed by atoms with Gasteiger partial charge >= 0.3 is 0 Å². The summed E-state index contributed by atoms with van der Waals surface area (Å²) >= 11 is 0. The van der Waals surface area contributed by atoms with Crippen molar-refractivity contribution in [2.75, 3.05) is 0 Å². The van der Waals surface area contributed by atoms with Gasteiger partial charge in [0.15, 0.2) is 0 Å². The first-order valence-corrected chi connectivity index (χ1v) is 7.08. The number of rotatable bonds is 2. The zero-order valence-corrected chi connectivity index (χ0v) is 12.5. The number of pyridine rings is 1. The minimum atomic E-state index is -0.578. The van der Waals surface area contributed by atoms with Crippen LogP contribution in [0.15, 0.2) is 36.9 Å². The molecule has 0 amide bonds. The summed E-state index contributed by atoms with van der Waals surface area (Å²) in [6, 6.07) is 4.93. The maximum absolute atomic E-state index is 13.1. The molecule has 0 spiro atoms. The maximum Gasteiger partial charge on any atom is 0.212 e. The van der Waals surface area contributed by atoms with Crippen LogP contribution in [0.25, 0.3) is 28.0 Å². The lowest BCUT2D eigenvalue weighted by Crippen LogP contribution is -1.98. The van der Waals surface area contributed by atoms with E-state index in [-0.39, 0.29) is 0 Å². The monoisotopic (exact) mass is 319 g/mol. The highest BCUT2D eigenvalue weighted by atomic mass is 19.1. The van der Waals surface area contributed by atoms with E-state index in [1.165, 1.54) is 18.5 Å². The molecule has 0 aromatic carbocycles. The second-order valence-corrected chi connectivity index (χ2v) is 5.22. The molecule has 7 nitrogen and oxygen atoms in total. The molecule has 0 unspecified atom stereocenters. The van der Waals surface area contributed by atoms with Crippen LogP contribution in [-0.4, -0.2) is 29.8 Å². The highest BCUT2D eigenvalue weighted by Gasteiger charge is 2.16. The summed E-state index contributed by atoms with van der Waals surface area (Å²) in [5.74, 6) is -0.578. The van der Waals surface area contributed by atoms with E-state index in [0.717, 1.165) is 11.3 Å². The second kappa shape index (κ2) is 5.24. The van der Waals surface area contributed by atoms with E-state index in [1.807, 2.05) is 6.92 Å². The average Bonchev–Trinajstić information content (AvgIpc) is 3.20. The van der Waals surface area contributed by atoms with Crippen molar-refractivity contribution < 1.29 is 4.39 Å². The highest BCUT2D eigenvalue weighted by molar-refractivity contribution is 5.83. The standard InChI is InChI=1S/C16H10FN7/c1-9-12(7-20-23-9)13-8-24-16(11(4-18)6-21-24)15(22-13)10-2-3-14(17)19-5-10/h2-3,5-8H,1H3,(H,20,23). The maximum atomic E-state index is 13.1. The Morgan fingerprint density at radius 3 is 2.79 bits per heavy atom. The Bertz CT molecular complexity index is 1090. The number of nitrogens with zero attached hydrogens (tertiary/aromatic N) is 6. The lowest BCUT2D eigenvalue weighted by Gasteiger charge is -2.07. The summed E-state index contributed by atoms with van der Waals surface area (Å²) in [4.78, 5) is 8.32. The molecule has 4 rings (SSSR count). The van der Waals surface area contributed by atoms with Gasteiger partial charge in [-0.05, 0) is 19.1 Å². The number of aryl methyl sites for hydroxylation is 1. The summed E-state index contributed by atoms with van der Waals surface area (Å²) in [6.07, 6.45) is 6.26. The van der Waals surface area contributed by atoms with Gasteiger partial charge in [0.1, 0.15) is 17.1 Å². The third-order valence-electron chi connectivity index (χ3n) is 3.72. The van der Waals surface area contributed by atoms with Crippen LogP contribution in [-0.2, 0) is 0 Å². The molecular formula is C16H10FN7. The fourth-order valence-electron chi connectivity index (χ4n) is 2.55. The second-order valence-electron chi connectivity index (χ2n) is 5.22. The first-order valence-electron chi connectivity index (χ1n) is 7.08. The number of aromatic amines is 1. The molecule has 4 heterocycles. The Morgan fingerprint density at radius 1 is 1.25 bits per heavy atom. The quantitative estimate of drug-likeness (QED) is 0.573. The fraction of sp³-hybridized carbons (Fsp3) is 0.0625. The van der Waals surface area contributed by atoms with E-state index in [9.17, 15) is 9.65 Å². The van der Waals surface area contributed by atoms with Gasteiger partial charge in [0.2, 0.25) is 5.95 Å². The van der Waals surface area contributed by atoms with E-state index in [1.54, 1.807) is 23.0 Å².